The van der Waals surface area contributed by atoms with E-state index in [0.717, 1.165) is 11.8 Å². The van der Waals surface area contributed by atoms with Gasteiger partial charge in [0.15, 0.2) is 16.6 Å². The lowest BCUT2D eigenvalue weighted by Gasteiger charge is -2.15. The summed E-state index contributed by atoms with van der Waals surface area (Å²) in [4.78, 5) is 23.1. The van der Waals surface area contributed by atoms with E-state index in [1.807, 2.05) is 11.5 Å². The number of thioether (sulfide) groups is 1. The molecule has 23 heavy (non-hydrogen) atoms. The second kappa shape index (κ2) is 7.90. The molecule has 2 rings (SSSR count). The number of carbonyl (C=O) groups excluding carboxylic acids is 1. The zero-order valence-corrected chi connectivity index (χ0v) is 15.0. The molecule has 8 nitrogen and oxygen atoms in total. The lowest BCUT2D eigenvalue weighted by molar-refractivity contribution is -0.109. The molecule has 3 atom stereocenters. The zero-order valence-electron chi connectivity index (χ0n) is 13.2. The van der Waals surface area contributed by atoms with Crippen molar-refractivity contribution in [2.24, 2.45) is 0 Å². The third-order valence-corrected chi connectivity index (χ3v) is 6.38. The Morgan fingerprint density at radius 1 is 1.43 bits per heavy atom. The highest BCUT2D eigenvalue weighted by Crippen LogP contribution is 2.36. The zero-order chi connectivity index (χ0) is 17.0. The molecule has 10 heteroatoms. The van der Waals surface area contributed by atoms with Gasteiger partial charge in [0.1, 0.15) is 19.6 Å². The summed E-state index contributed by atoms with van der Waals surface area (Å²) in [6.45, 7) is 5.65. The fourth-order valence-electron chi connectivity index (χ4n) is 2.02. The van der Waals surface area contributed by atoms with Crippen LogP contribution in [0.3, 0.4) is 0 Å². The van der Waals surface area contributed by atoms with Gasteiger partial charge >= 0.3 is 0 Å². The molecule has 0 bridgehead atoms. The maximum Gasteiger partial charge on any atom is 0.186 e. The number of ether oxygens (including phenoxy) is 1. The minimum atomic E-state index is -1.98. The van der Waals surface area contributed by atoms with Gasteiger partial charge in [0.05, 0.1) is 30.3 Å². The number of nitrogen functional groups attached to an aromatic ring is 1. The third-order valence-electron chi connectivity index (χ3n) is 3.19. The Kier molecular flexibility index (Phi) is 6.15. The molecule has 2 heterocycles. The molecule has 0 aliphatic carbocycles. The molecular formula is C13H20N5O3PS. The van der Waals surface area contributed by atoms with Gasteiger partial charge in [-0.05, 0) is 13.8 Å². The molecule has 0 saturated carbocycles. The first-order valence-electron chi connectivity index (χ1n) is 7.11. The lowest BCUT2D eigenvalue weighted by atomic mass is 10.4. The Morgan fingerprint density at radius 2 is 2.17 bits per heavy atom. The van der Waals surface area contributed by atoms with Crippen molar-refractivity contribution in [2.45, 2.75) is 38.4 Å². The Bertz CT molecular complexity index is 723. The van der Waals surface area contributed by atoms with Crippen LogP contribution in [-0.2, 0) is 20.6 Å². The standard InChI is InChI=1S/C13H20N5O3PS/c1-8(21-7-22(20)10(3)23-9(2)19)4-18-6-17-11-12(14)15-5-16-13(11)18/h5-6,8,10,22H,4,7H2,1-3H3,(H2,14,15,16). The number of aromatic nitrogens is 4. The van der Waals surface area contributed by atoms with Gasteiger partial charge in [0.2, 0.25) is 0 Å². The van der Waals surface area contributed by atoms with Crippen molar-refractivity contribution in [1.82, 2.24) is 19.5 Å². The summed E-state index contributed by atoms with van der Waals surface area (Å²) in [6, 6.07) is 0. The maximum absolute atomic E-state index is 12.1. The van der Waals surface area contributed by atoms with Gasteiger partial charge in [-0.2, -0.15) is 0 Å². The highest BCUT2D eigenvalue weighted by molar-refractivity contribution is 8.17. The monoisotopic (exact) mass is 357 g/mol. The third kappa shape index (κ3) is 4.76. The lowest BCUT2D eigenvalue weighted by Crippen LogP contribution is -2.17. The van der Waals surface area contributed by atoms with Crippen LogP contribution in [0.25, 0.3) is 11.2 Å². The van der Waals surface area contributed by atoms with E-state index >= 15 is 0 Å². The predicted octanol–water partition coefficient (Wildman–Crippen LogP) is 1.96. The van der Waals surface area contributed by atoms with E-state index in [1.165, 1.54) is 13.3 Å². The minimum Gasteiger partial charge on any atom is -0.382 e. The van der Waals surface area contributed by atoms with Crippen LogP contribution in [-0.4, -0.2) is 42.1 Å². The number of nitrogens with zero attached hydrogens (tertiary/aromatic N) is 4. The molecule has 0 amide bonds. The van der Waals surface area contributed by atoms with Crippen molar-refractivity contribution in [3.63, 3.8) is 0 Å². The topological polar surface area (TPSA) is 113 Å². The second-order valence-corrected chi connectivity index (χ2v) is 9.19. The van der Waals surface area contributed by atoms with Gasteiger partial charge in [-0.15, -0.1) is 0 Å². The molecule has 3 unspecified atom stereocenters. The van der Waals surface area contributed by atoms with E-state index in [2.05, 4.69) is 15.0 Å². The van der Waals surface area contributed by atoms with Crippen LogP contribution in [0.4, 0.5) is 5.82 Å². The summed E-state index contributed by atoms with van der Waals surface area (Å²) in [5.74, 6) is 0.336. The van der Waals surface area contributed by atoms with E-state index in [9.17, 15) is 9.36 Å². The summed E-state index contributed by atoms with van der Waals surface area (Å²) >= 11 is 1.09. The van der Waals surface area contributed by atoms with Gasteiger partial charge in [0, 0.05) is 6.92 Å². The number of hydrogen-bond donors (Lipinski definition) is 1. The smallest absolute Gasteiger partial charge is 0.186 e. The molecule has 2 N–H and O–H groups in total. The van der Waals surface area contributed by atoms with E-state index in [0.29, 0.717) is 23.5 Å². The van der Waals surface area contributed by atoms with Crippen LogP contribution in [0.1, 0.15) is 20.8 Å². The average Bonchev–Trinajstić information content (AvgIpc) is 2.88. The summed E-state index contributed by atoms with van der Waals surface area (Å²) < 4.78 is 19.5. The normalized spacial score (nSPS) is 15.4. The second-order valence-electron chi connectivity index (χ2n) is 5.17. The average molecular weight is 357 g/mol. The minimum absolute atomic E-state index is 0.0361. The molecule has 126 valence electrons. The number of fused-ring (bicyclic) bond motifs is 1. The maximum atomic E-state index is 12.1. The predicted molar refractivity (Wildman–Crippen MR) is 91.9 cm³/mol. The Hall–Kier alpha value is -1.44. The van der Waals surface area contributed by atoms with E-state index in [4.69, 9.17) is 10.5 Å². The number of anilines is 1. The van der Waals surface area contributed by atoms with Crippen molar-refractivity contribution in [1.29, 1.82) is 0 Å². The van der Waals surface area contributed by atoms with Gasteiger partial charge in [-0.25, -0.2) is 15.0 Å². The van der Waals surface area contributed by atoms with Gasteiger partial charge < -0.3 is 19.6 Å². The van der Waals surface area contributed by atoms with Crippen LogP contribution < -0.4 is 5.73 Å². The number of rotatable bonds is 7. The van der Waals surface area contributed by atoms with Gasteiger partial charge in [-0.3, -0.25) is 4.79 Å². The van der Waals surface area contributed by atoms with Gasteiger partial charge in [0.25, 0.3) is 0 Å². The van der Waals surface area contributed by atoms with Crippen molar-refractivity contribution in [3.05, 3.63) is 12.7 Å². The van der Waals surface area contributed by atoms with Gasteiger partial charge in [-0.1, -0.05) is 11.8 Å². The highest BCUT2D eigenvalue weighted by Gasteiger charge is 2.16. The Labute approximate surface area is 139 Å². The van der Waals surface area contributed by atoms with Crippen LogP contribution >= 0.6 is 19.6 Å². The fraction of sp³-hybridized carbons (Fsp3) is 0.538. The molecule has 2 aromatic heterocycles. The molecule has 2 aromatic rings. The molecule has 0 aliphatic rings. The quantitative estimate of drug-likeness (QED) is 0.748. The summed E-state index contributed by atoms with van der Waals surface area (Å²) in [7, 11) is -1.98. The molecule has 0 aliphatic heterocycles. The summed E-state index contributed by atoms with van der Waals surface area (Å²) in [6.07, 6.45) is 3.00. The fourth-order valence-corrected chi connectivity index (χ4v) is 4.43. The molecule has 0 fully saturated rings. The summed E-state index contributed by atoms with van der Waals surface area (Å²) in [5, 5.41) is -0.0361. The van der Waals surface area contributed by atoms with Crippen molar-refractivity contribution >= 4 is 41.7 Å². The van der Waals surface area contributed by atoms with Crippen molar-refractivity contribution in [2.75, 3.05) is 12.1 Å². The molecule has 0 spiro atoms. The first kappa shape index (κ1) is 17.9. The van der Waals surface area contributed by atoms with E-state index < -0.39 is 7.80 Å². The van der Waals surface area contributed by atoms with Crippen molar-refractivity contribution in [3.8, 4) is 0 Å². The number of carbonyl (C=O) groups is 1. The van der Waals surface area contributed by atoms with E-state index in [1.54, 1.807) is 13.3 Å². The molecule has 0 saturated heterocycles. The first-order valence-corrected chi connectivity index (χ1v) is 9.68. The van der Waals surface area contributed by atoms with Crippen LogP contribution in [0.2, 0.25) is 0 Å². The molecule has 0 aromatic carbocycles. The SMILES string of the molecule is CC(=O)SC(C)[PH](=O)COC(C)Cn1cnc2c(N)ncnc21. The number of imidazole rings is 1. The Balaban J connectivity index is 1.91. The molecule has 0 radical (unpaired) electrons. The number of nitrogens with two attached hydrogens (primary N) is 1. The first-order chi connectivity index (χ1) is 10.9. The van der Waals surface area contributed by atoms with E-state index in [-0.39, 0.29) is 22.6 Å². The van der Waals surface area contributed by atoms with Crippen LogP contribution in [0.15, 0.2) is 12.7 Å². The summed E-state index contributed by atoms with van der Waals surface area (Å²) in [5.41, 5.74) is 6.94. The van der Waals surface area contributed by atoms with Crippen LogP contribution in [0.5, 0.6) is 0 Å². The number of hydrogen-bond acceptors (Lipinski definition) is 8. The van der Waals surface area contributed by atoms with Crippen LogP contribution in [0, 0.1) is 0 Å². The highest BCUT2D eigenvalue weighted by atomic mass is 32.2. The largest absolute Gasteiger partial charge is 0.382 e. The van der Waals surface area contributed by atoms with Crippen molar-refractivity contribution < 1.29 is 14.1 Å². The Morgan fingerprint density at radius 3 is 2.87 bits per heavy atom. The molecular weight excluding hydrogens is 337 g/mol.